The molecule has 12 N–H and O–H groups in total. The van der Waals surface area contributed by atoms with Gasteiger partial charge < -0.3 is 61.5 Å². The van der Waals surface area contributed by atoms with Crippen LogP contribution in [0.2, 0.25) is 0 Å². The van der Waals surface area contributed by atoms with E-state index in [0.29, 0.717) is 59.2 Å². The summed E-state index contributed by atoms with van der Waals surface area (Å²) in [6, 6.07) is 6.10. The van der Waals surface area contributed by atoms with Gasteiger partial charge in [-0.2, -0.15) is 20.4 Å². The number of amides is 8. The second kappa shape index (κ2) is 35.6. The molecule has 4 aromatic heterocycles. The Balaban J connectivity index is 0.000000117. The first-order valence-corrected chi connectivity index (χ1v) is 49.1. The summed E-state index contributed by atoms with van der Waals surface area (Å²) in [7, 11) is -10.7. The first kappa shape index (κ1) is 85.8. The van der Waals surface area contributed by atoms with Gasteiger partial charge in [-0.05, 0) is 271 Å². The fourth-order valence-corrected chi connectivity index (χ4v) is 23.9. The average Bonchev–Trinajstić information content (AvgIpc) is 1.61. The number of ether oxygens (including phenoxy) is 4. The number of carbonyl (C=O) groups is 4. The number of nitrogens with two attached hydrogens (primary N) is 1. The highest BCUT2D eigenvalue weighted by molar-refractivity contribution is 7.91. The highest BCUT2D eigenvalue weighted by atomic mass is 32.2. The van der Waals surface area contributed by atoms with E-state index < -0.39 is 64.2 Å². The van der Waals surface area contributed by atoms with E-state index in [1.165, 1.54) is 83.3 Å². The Bertz CT molecular complexity index is 5710. The average molecular weight is 1780 g/mol. The van der Waals surface area contributed by atoms with E-state index in [4.69, 9.17) is 24.7 Å². The van der Waals surface area contributed by atoms with E-state index in [0.717, 1.165) is 241 Å². The van der Waals surface area contributed by atoms with Crippen molar-refractivity contribution in [1.82, 2.24) is 73.5 Å². The number of sulfonamides is 4. The molecular weight excluding hydrogens is 1670 g/mol. The van der Waals surface area contributed by atoms with Crippen molar-refractivity contribution in [2.24, 2.45) is 23.5 Å². The van der Waals surface area contributed by atoms with E-state index in [-0.39, 0.29) is 66.9 Å². The number of anilines is 4. The molecule has 124 heavy (non-hydrogen) atoms. The molecule has 4 aliphatic heterocycles. The second-order valence-corrected chi connectivity index (χ2v) is 40.9. The fourth-order valence-electron chi connectivity index (χ4n) is 19.9. The number of hydrogen-bond acceptors (Lipinski definition) is 24. The number of benzene rings is 4. The Morgan fingerprint density at radius 1 is 0.387 bits per heavy atom. The smallest absolute Gasteiger partial charge is 0.333 e. The molecule has 0 radical (unpaired) electrons. The number of nitrogens with one attached hydrogen (secondary N) is 10. The SMILES string of the molecule is CCN[C@@H]1COc2c(S(=O)(=O)NC(=O)Nc3c4c(cc5c3CCC5)CCC4)cnn2C1.CN(C)CC1COc2c(S(=O)(=O)NC(=O)Nc3c4c(cc5c3CCC5)CCC4)cnn2C1.CNCC1COc2c(S(=O)(=O)NC(=O)Nc3c4c(cc5c3CCC5)CCC4)cnn2C1.NCC1COc2c(S(=O)(=O)NC(=O)Nc3c4c(cc5c3CCC5)CCC4)cnn2C1. The van der Waals surface area contributed by atoms with Crippen molar-refractivity contribution < 1.29 is 71.8 Å². The number of hydrogen-bond donors (Lipinski definition) is 11. The third-order valence-corrected chi connectivity index (χ3v) is 30.6. The zero-order chi connectivity index (χ0) is 86.5. The third-order valence-electron chi connectivity index (χ3n) is 25.4. The Morgan fingerprint density at radius 3 is 0.919 bits per heavy atom. The Morgan fingerprint density at radius 2 is 0.645 bits per heavy atom. The van der Waals surface area contributed by atoms with Crippen molar-refractivity contribution in [2.45, 2.75) is 213 Å². The lowest BCUT2D eigenvalue weighted by Gasteiger charge is -2.26. The highest BCUT2D eigenvalue weighted by Gasteiger charge is 2.39. The largest absolute Gasteiger partial charge is 0.476 e. The van der Waals surface area contributed by atoms with Crippen molar-refractivity contribution in [2.75, 3.05) is 95.0 Å². The van der Waals surface area contributed by atoms with Gasteiger partial charge in [-0.3, -0.25) is 0 Å². The Hall–Kier alpha value is -10.4. The molecule has 20 rings (SSSR count). The first-order chi connectivity index (χ1) is 59.7. The number of urea groups is 4. The predicted octanol–water partition coefficient (Wildman–Crippen LogP) is 6.62. The van der Waals surface area contributed by atoms with Crippen molar-refractivity contribution in [3.05, 3.63) is 138 Å². The lowest BCUT2D eigenvalue weighted by Crippen LogP contribution is -2.42. The summed E-state index contributed by atoms with van der Waals surface area (Å²) in [6.45, 7) is 8.33. The van der Waals surface area contributed by atoms with Crippen molar-refractivity contribution in [1.29, 1.82) is 0 Å². The molecule has 0 spiro atoms. The van der Waals surface area contributed by atoms with E-state index >= 15 is 0 Å². The molecule has 8 amide bonds. The molecule has 3 unspecified atom stereocenters. The van der Waals surface area contributed by atoms with Crippen molar-refractivity contribution in [3.63, 3.8) is 0 Å². The molecule has 0 saturated carbocycles. The molecule has 36 nitrogen and oxygen atoms in total. The maximum atomic E-state index is 13.0. The molecule has 4 atom stereocenters. The Kier molecular flexibility index (Phi) is 24.6. The van der Waals surface area contributed by atoms with E-state index in [2.05, 4.69) is 100 Å². The van der Waals surface area contributed by atoms with Gasteiger partial charge in [0.15, 0.2) is 19.6 Å². The topological polar surface area (TPSA) is 463 Å². The summed E-state index contributed by atoms with van der Waals surface area (Å²) in [6.07, 6.45) is 28.7. The molecule has 8 heterocycles. The molecule has 12 aliphatic rings. The predicted molar refractivity (Wildman–Crippen MR) is 460 cm³/mol. The number of likely N-dealkylation sites (N-methyl/N-ethyl adjacent to an activating group) is 1. The summed E-state index contributed by atoms with van der Waals surface area (Å²) in [4.78, 5) is 52.6. The summed E-state index contributed by atoms with van der Waals surface area (Å²) in [5.41, 5.74) is 28.2. The highest BCUT2D eigenvalue weighted by Crippen LogP contribution is 2.44. The summed E-state index contributed by atoms with van der Waals surface area (Å²) >= 11 is 0. The van der Waals surface area contributed by atoms with Crippen LogP contribution in [-0.4, -0.2) is 182 Å². The van der Waals surface area contributed by atoms with Gasteiger partial charge in [0.2, 0.25) is 23.5 Å². The van der Waals surface area contributed by atoms with Crippen LogP contribution in [-0.2, 0) is 169 Å². The lowest BCUT2D eigenvalue weighted by molar-refractivity contribution is 0.136. The van der Waals surface area contributed by atoms with Crippen molar-refractivity contribution >= 4 is 87.0 Å². The molecule has 8 aromatic rings. The fraction of sp³-hybridized carbons (Fsp3) is 0.524. The minimum absolute atomic E-state index is 0.0616. The number of aryl methyl sites for hydroxylation is 8. The van der Waals surface area contributed by atoms with Crippen LogP contribution in [0.4, 0.5) is 41.9 Å². The van der Waals surface area contributed by atoms with Crippen LogP contribution in [0, 0.1) is 17.8 Å². The van der Waals surface area contributed by atoms with Gasteiger partial charge in [0.05, 0.1) is 76.8 Å². The van der Waals surface area contributed by atoms with Crippen LogP contribution in [0.15, 0.2) is 68.6 Å². The van der Waals surface area contributed by atoms with Crippen LogP contribution >= 0.6 is 0 Å². The number of aromatic nitrogens is 8. The molecule has 40 heteroatoms. The number of rotatable bonds is 19. The maximum absolute atomic E-state index is 13.0. The van der Waals surface area contributed by atoms with Gasteiger partial charge in [-0.1, -0.05) is 31.2 Å². The summed E-state index contributed by atoms with van der Waals surface area (Å²) in [5, 5.41) is 34.3. The molecule has 0 bridgehead atoms. The van der Waals surface area contributed by atoms with Gasteiger partial charge in [0.25, 0.3) is 40.1 Å². The molecule has 664 valence electrons. The van der Waals surface area contributed by atoms with Crippen LogP contribution in [0.3, 0.4) is 0 Å². The number of carbonyl (C=O) groups excluding carboxylic acids is 4. The van der Waals surface area contributed by atoms with Crippen LogP contribution < -0.4 is 75.5 Å². The standard InChI is InChI=1S/C22H29N5O4S.2C21H27N5O4S.C20H25N5O4S/c1-26(2)11-14-12-27-21(31-13-14)19(10-23-27)32(29,30)25-22(28)24-20-17-7-3-5-15(17)9-16-6-4-8-18(16)20;1-22-9-13-11-26-20(30-12-13)18(10-23-26)31(28,29)25-21(27)24-19-16-6-2-4-14(16)8-15-5-3-7-17(15)19;1-2-22-15-11-26-20(30-12-15)18(10-23-26)31(28,29)25-21(27)24-19-16-7-3-5-13(16)9-14-6-4-8-17(14)19;21-8-12-10-25-19(29-11-12)17(9-22-25)30(27,28)24-20(26)23-18-15-5-1-3-13(15)7-14-4-2-6-16(14)18/h9-10,14H,3-8,11-13H2,1-2H3,(H2,24,25,28);8,10,13,22H,2-7,9,11-12H2,1H3,(H2,24,25,27);9-10,15,22H,2-8,11-12H2,1H3,(H2,24,25,27);7,9,12H,1-6,8,10-11,21H2,(H2,23,24,26)/t;;15-;/m..0./s1. The quantitative estimate of drug-likeness (QED) is 0.0405. The number of fused-ring (bicyclic) bond motifs is 12. The summed E-state index contributed by atoms with van der Waals surface area (Å²) in [5.74, 6) is 1.15. The van der Waals surface area contributed by atoms with E-state index in [9.17, 15) is 52.8 Å². The second-order valence-electron chi connectivity index (χ2n) is 34.3. The number of nitrogens with zero attached hydrogens (tertiary/aromatic N) is 9. The third kappa shape index (κ3) is 17.7. The van der Waals surface area contributed by atoms with Gasteiger partial charge in [-0.15, -0.1) is 0 Å². The molecule has 0 saturated heterocycles. The van der Waals surface area contributed by atoms with E-state index in [1.54, 1.807) is 4.68 Å². The Labute approximate surface area is 720 Å². The maximum Gasteiger partial charge on any atom is 0.333 e. The zero-order valence-corrected chi connectivity index (χ0v) is 73.4. The monoisotopic (exact) mass is 1780 g/mol. The van der Waals surface area contributed by atoms with E-state index in [1.807, 2.05) is 28.1 Å². The molecule has 4 aromatic carbocycles. The minimum atomic E-state index is -4.13. The molecule has 8 aliphatic carbocycles. The lowest BCUT2D eigenvalue weighted by atomic mass is 9.99. The van der Waals surface area contributed by atoms with Crippen LogP contribution in [0.5, 0.6) is 23.5 Å². The molecular formula is C84H108N20O16S4. The molecule has 0 fully saturated rings. The first-order valence-electron chi connectivity index (χ1n) is 43.2. The van der Waals surface area contributed by atoms with Gasteiger partial charge >= 0.3 is 24.1 Å². The zero-order valence-electron chi connectivity index (χ0n) is 70.2. The van der Waals surface area contributed by atoms with Crippen LogP contribution in [0.25, 0.3) is 0 Å². The minimum Gasteiger partial charge on any atom is -0.476 e. The van der Waals surface area contributed by atoms with Gasteiger partial charge in [0, 0.05) is 60.1 Å². The van der Waals surface area contributed by atoms with Crippen molar-refractivity contribution in [3.8, 4) is 23.5 Å². The van der Waals surface area contributed by atoms with Gasteiger partial charge in [-0.25, -0.2) is 90.5 Å². The van der Waals surface area contributed by atoms with Gasteiger partial charge in [0.1, 0.15) is 6.61 Å². The normalized spacial score (nSPS) is 19.4. The van der Waals surface area contributed by atoms with Crippen LogP contribution in [0.1, 0.15) is 147 Å². The summed E-state index contributed by atoms with van der Waals surface area (Å²) < 4.78 is 141.